The average Bonchev–Trinajstić information content (AvgIpc) is 3.13. The third-order valence-electron chi connectivity index (χ3n) is 6.40. The first-order chi connectivity index (χ1) is 15.9. The quantitative estimate of drug-likeness (QED) is 0.549. The lowest BCUT2D eigenvalue weighted by Crippen LogP contribution is -2.42. The number of imidazole rings is 1. The standard InChI is InChI=1S/C24H32N6O3S/c1-8-16-11-18-19(12-20(16)34(7,32)33)29-9-10-30(21(14(2)3)22(29)27-18)24-25-13-17(15(4)26-24)23(31)28(5)6/h11-14,21H,8-10H2,1-7H3/t21-/m1/s1. The molecule has 182 valence electrons. The summed E-state index contributed by atoms with van der Waals surface area (Å²) in [7, 11) is 0.0645. The third kappa shape index (κ3) is 4.04. The van der Waals surface area contributed by atoms with Gasteiger partial charge in [-0.3, -0.25) is 4.79 Å². The van der Waals surface area contributed by atoms with Crippen molar-refractivity contribution < 1.29 is 13.2 Å². The monoisotopic (exact) mass is 484 g/mol. The van der Waals surface area contributed by atoms with Crippen LogP contribution in [0, 0.1) is 12.8 Å². The minimum atomic E-state index is -3.35. The molecule has 1 aliphatic rings. The Hall–Kier alpha value is -3.01. The molecule has 3 aromatic rings. The van der Waals surface area contributed by atoms with Gasteiger partial charge in [-0.05, 0) is 37.0 Å². The molecule has 0 bridgehead atoms. The van der Waals surface area contributed by atoms with E-state index in [-0.39, 0.29) is 17.9 Å². The van der Waals surface area contributed by atoms with Crippen molar-refractivity contribution >= 4 is 32.7 Å². The smallest absolute Gasteiger partial charge is 0.256 e. The molecule has 0 unspecified atom stereocenters. The molecule has 0 saturated carbocycles. The highest BCUT2D eigenvalue weighted by atomic mass is 32.2. The van der Waals surface area contributed by atoms with Crippen molar-refractivity contribution in [3.8, 4) is 0 Å². The zero-order valence-corrected chi connectivity index (χ0v) is 21.6. The normalized spacial score (nSPS) is 16.2. The van der Waals surface area contributed by atoms with E-state index in [1.165, 1.54) is 11.2 Å². The number of hydrogen-bond donors (Lipinski definition) is 0. The molecule has 4 rings (SSSR count). The summed E-state index contributed by atoms with van der Waals surface area (Å²) in [6, 6.07) is 3.58. The molecule has 2 aromatic heterocycles. The first kappa shape index (κ1) is 24.1. The molecule has 0 fully saturated rings. The first-order valence-corrected chi connectivity index (χ1v) is 13.4. The lowest BCUT2D eigenvalue weighted by Gasteiger charge is -2.38. The average molecular weight is 485 g/mol. The number of hydrogen-bond acceptors (Lipinski definition) is 7. The number of carbonyl (C=O) groups is 1. The van der Waals surface area contributed by atoms with E-state index in [9.17, 15) is 13.2 Å². The van der Waals surface area contributed by atoms with Crippen molar-refractivity contribution in [2.45, 2.75) is 51.6 Å². The van der Waals surface area contributed by atoms with Gasteiger partial charge in [-0.2, -0.15) is 0 Å². The summed E-state index contributed by atoms with van der Waals surface area (Å²) in [5, 5.41) is 0. The summed E-state index contributed by atoms with van der Waals surface area (Å²) in [4.78, 5) is 30.6. The summed E-state index contributed by atoms with van der Waals surface area (Å²) < 4.78 is 27.0. The van der Waals surface area contributed by atoms with Crippen molar-refractivity contribution in [3.63, 3.8) is 0 Å². The van der Waals surface area contributed by atoms with Gasteiger partial charge in [-0.1, -0.05) is 20.8 Å². The first-order valence-electron chi connectivity index (χ1n) is 11.5. The van der Waals surface area contributed by atoms with Crippen molar-refractivity contribution in [2.75, 3.05) is 31.8 Å². The maximum atomic E-state index is 12.4. The Morgan fingerprint density at radius 1 is 1.21 bits per heavy atom. The minimum absolute atomic E-state index is 0.0947. The van der Waals surface area contributed by atoms with Crippen LogP contribution >= 0.6 is 0 Å². The molecule has 0 spiro atoms. The SMILES string of the molecule is CCc1cc2nc3n(c2cc1S(C)(=O)=O)CCN(c1ncc(C(=O)N(C)C)c(C)n1)[C@@H]3C(C)C. The largest absolute Gasteiger partial charge is 0.345 e. The Balaban J connectivity index is 1.82. The topological polar surface area (TPSA) is 101 Å². The van der Waals surface area contributed by atoms with Gasteiger partial charge in [0.05, 0.1) is 33.2 Å². The molecular formula is C24H32N6O3S. The molecule has 0 N–H and O–H groups in total. The van der Waals surface area contributed by atoms with Gasteiger partial charge in [0, 0.05) is 39.6 Å². The number of aromatic nitrogens is 4. The van der Waals surface area contributed by atoms with E-state index in [4.69, 9.17) is 4.98 Å². The fourth-order valence-corrected chi connectivity index (χ4v) is 5.71. The van der Waals surface area contributed by atoms with E-state index in [1.54, 1.807) is 26.4 Å². The summed E-state index contributed by atoms with van der Waals surface area (Å²) in [5.41, 5.74) is 3.54. The van der Waals surface area contributed by atoms with E-state index in [0.717, 1.165) is 22.4 Å². The van der Waals surface area contributed by atoms with Crippen LogP contribution in [-0.2, 0) is 22.8 Å². The predicted molar refractivity (Wildman–Crippen MR) is 132 cm³/mol. The zero-order chi connectivity index (χ0) is 24.9. The predicted octanol–water partition coefficient (Wildman–Crippen LogP) is 3.02. The molecule has 0 saturated heterocycles. The number of carbonyl (C=O) groups excluding carboxylic acids is 1. The summed E-state index contributed by atoms with van der Waals surface area (Å²) in [5.74, 6) is 1.51. The van der Waals surface area contributed by atoms with Gasteiger partial charge in [0.25, 0.3) is 5.91 Å². The van der Waals surface area contributed by atoms with Gasteiger partial charge in [0.15, 0.2) is 9.84 Å². The number of benzene rings is 1. The highest BCUT2D eigenvalue weighted by molar-refractivity contribution is 7.90. The molecular weight excluding hydrogens is 452 g/mol. The van der Waals surface area contributed by atoms with Crippen LogP contribution in [0.15, 0.2) is 23.2 Å². The van der Waals surface area contributed by atoms with Crippen LogP contribution in [0.5, 0.6) is 0 Å². The zero-order valence-electron chi connectivity index (χ0n) is 20.8. The Bertz CT molecular complexity index is 1380. The second kappa shape index (κ2) is 8.65. The Morgan fingerprint density at radius 2 is 1.91 bits per heavy atom. The number of aryl methyl sites for hydroxylation is 2. The summed E-state index contributed by atoms with van der Waals surface area (Å²) in [6.45, 7) is 9.31. The van der Waals surface area contributed by atoms with Crippen LogP contribution in [-0.4, -0.2) is 65.6 Å². The molecule has 10 heteroatoms. The number of sulfone groups is 1. The van der Waals surface area contributed by atoms with Crippen LogP contribution in [0.4, 0.5) is 5.95 Å². The number of rotatable bonds is 5. The van der Waals surface area contributed by atoms with Crippen LogP contribution < -0.4 is 4.90 Å². The second-order valence-corrected chi connectivity index (χ2v) is 11.4. The lowest BCUT2D eigenvalue weighted by molar-refractivity contribution is 0.0826. The summed E-state index contributed by atoms with van der Waals surface area (Å²) >= 11 is 0. The minimum Gasteiger partial charge on any atom is -0.345 e. The van der Waals surface area contributed by atoms with Crippen molar-refractivity contribution in [2.24, 2.45) is 5.92 Å². The Kier molecular flexibility index (Phi) is 6.14. The molecule has 0 radical (unpaired) electrons. The molecule has 3 heterocycles. The van der Waals surface area contributed by atoms with E-state index in [0.29, 0.717) is 41.6 Å². The fraction of sp³-hybridized carbons (Fsp3) is 0.500. The highest BCUT2D eigenvalue weighted by Crippen LogP contribution is 2.37. The molecule has 0 aliphatic carbocycles. The van der Waals surface area contributed by atoms with Gasteiger partial charge in [0.1, 0.15) is 5.82 Å². The highest BCUT2D eigenvalue weighted by Gasteiger charge is 2.35. The van der Waals surface area contributed by atoms with Crippen LogP contribution in [0.1, 0.15) is 54.3 Å². The fourth-order valence-electron chi connectivity index (χ4n) is 4.71. The number of nitrogens with zero attached hydrogens (tertiary/aromatic N) is 6. The Labute approximate surface area is 200 Å². The van der Waals surface area contributed by atoms with Gasteiger partial charge >= 0.3 is 0 Å². The van der Waals surface area contributed by atoms with Gasteiger partial charge in [0.2, 0.25) is 5.95 Å². The van der Waals surface area contributed by atoms with Gasteiger partial charge < -0.3 is 14.4 Å². The number of anilines is 1. The number of amides is 1. The molecule has 1 aliphatic heterocycles. The van der Waals surface area contributed by atoms with E-state index >= 15 is 0 Å². The van der Waals surface area contributed by atoms with Crippen molar-refractivity contribution in [1.29, 1.82) is 0 Å². The maximum Gasteiger partial charge on any atom is 0.256 e. The van der Waals surface area contributed by atoms with Gasteiger partial charge in [-0.25, -0.2) is 23.4 Å². The van der Waals surface area contributed by atoms with E-state index in [2.05, 4.69) is 33.3 Å². The Morgan fingerprint density at radius 3 is 2.47 bits per heavy atom. The van der Waals surface area contributed by atoms with Crippen molar-refractivity contribution in [1.82, 2.24) is 24.4 Å². The summed E-state index contributed by atoms with van der Waals surface area (Å²) in [6.07, 6.45) is 3.47. The van der Waals surface area contributed by atoms with Crippen LogP contribution in [0.2, 0.25) is 0 Å². The number of fused-ring (bicyclic) bond motifs is 3. The van der Waals surface area contributed by atoms with Crippen molar-refractivity contribution in [3.05, 3.63) is 41.0 Å². The maximum absolute atomic E-state index is 12.4. The molecule has 1 amide bonds. The molecule has 9 nitrogen and oxygen atoms in total. The second-order valence-electron chi connectivity index (χ2n) is 9.45. The molecule has 34 heavy (non-hydrogen) atoms. The third-order valence-corrected chi connectivity index (χ3v) is 7.58. The van der Waals surface area contributed by atoms with Crippen LogP contribution in [0.3, 0.4) is 0 Å². The van der Waals surface area contributed by atoms with E-state index in [1.807, 2.05) is 19.9 Å². The van der Waals surface area contributed by atoms with Crippen LogP contribution in [0.25, 0.3) is 11.0 Å². The van der Waals surface area contributed by atoms with Gasteiger partial charge in [-0.15, -0.1) is 0 Å². The molecule has 1 atom stereocenters. The molecule has 1 aromatic carbocycles. The van der Waals surface area contributed by atoms with E-state index < -0.39 is 9.84 Å². The lowest BCUT2D eigenvalue weighted by atomic mass is 10.00.